The van der Waals surface area contributed by atoms with Gasteiger partial charge in [0, 0.05) is 18.8 Å². The van der Waals surface area contributed by atoms with Gasteiger partial charge in [0.25, 0.3) is 5.91 Å². The van der Waals surface area contributed by atoms with Gasteiger partial charge in [0.05, 0.1) is 22.1 Å². The summed E-state index contributed by atoms with van der Waals surface area (Å²) in [5, 5.41) is 2.49. The number of ether oxygens (including phenoxy) is 2. The fourth-order valence-corrected chi connectivity index (χ4v) is 4.61. The van der Waals surface area contributed by atoms with Crippen molar-refractivity contribution < 1.29 is 19.1 Å². The summed E-state index contributed by atoms with van der Waals surface area (Å²) in [4.78, 5) is 22.2. The smallest absolute Gasteiger partial charge is 0.251 e. The van der Waals surface area contributed by atoms with E-state index >= 15 is 0 Å². The molecule has 35 heavy (non-hydrogen) atoms. The van der Waals surface area contributed by atoms with Crippen molar-refractivity contribution in [1.29, 1.82) is 0 Å². The van der Waals surface area contributed by atoms with E-state index in [2.05, 4.69) is 37.2 Å². The Kier molecular flexibility index (Phi) is 16.1. The summed E-state index contributed by atoms with van der Waals surface area (Å²) in [5.74, 6) is 0.804. The second-order valence-corrected chi connectivity index (χ2v) is 9.17. The number of carbonyl (C=O) groups is 2. The molecule has 0 spiro atoms. The molecule has 0 aliphatic carbocycles. The van der Waals surface area contributed by atoms with E-state index < -0.39 is 0 Å². The van der Waals surface area contributed by atoms with Crippen molar-refractivity contribution in [1.82, 2.24) is 5.32 Å². The molecular formula is C26H31Br2N2O4P. The van der Waals surface area contributed by atoms with E-state index in [-0.39, 0.29) is 12.5 Å². The Labute approximate surface area is 226 Å². The number of rotatable bonds is 9. The van der Waals surface area contributed by atoms with E-state index in [9.17, 15) is 9.59 Å². The molecule has 9 heteroatoms. The first-order valence-electron chi connectivity index (χ1n) is 10.9. The number of benzene rings is 3. The highest BCUT2D eigenvalue weighted by Gasteiger charge is 2.12. The van der Waals surface area contributed by atoms with Crippen LogP contribution in [0.15, 0.2) is 75.7 Å². The van der Waals surface area contributed by atoms with Crippen LogP contribution in [-0.4, -0.2) is 25.8 Å². The number of hydrogen-bond acceptors (Lipinski definition) is 5. The lowest BCUT2D eigenvalue weighted by molar-refractivity contribution is -0.107. The van der Waals surface area contributed by atoms with Gasteiger partial charge in [0.15, 0.2) is 5.75 Å². The molecule has 3 aromatic carbocycles. The van der Waals surface area contributed by atoms with Crippen LogP contribution < -0.4 is 15.6 Å². The Hall–Kier alpha value is -2.09. The minimum Gasteiger partial charge on any atom is -0.455 e. The first kappa shape index (κ1) is 30.9. The highest BCUT2D eigenvalue weighted by atomic mass is 79.9. The van der Waals surface area contributed by atoms with Crippen LogP contribution in [0, 0.1) is 0 Å². The maximum Gasteiger partial charge on any atom is 0.251 e. The molecule has 0 saturated carbocycles. The first-order valence-corrected chi connectivity index (χ1v) is 13.8. The molecule has 3 aromatic rings. The monoisotopic (exact) mass is 624 g/mol. The molecule has 6 nitrogen and oxygen atoms in total. The van der Waals surface area contributed by atoms with Crippen molar-refractivity contribution in [3.05, 3.63) is 92.4 Å². The zero-order valence-electron chi connectivity index (χ0n) is 20.0. The molecule has 1 atom stereocenters. The Bertz CT molecular complexity index is 1030. The third-order valence-corrected chi connectivity index (χ3v) is 5.97. The standard InChI is InChI=1S/C16H15Br2N2O3P.C8H10O.C2H6/c17-13-6-10(9-24-19)7-14(18)15(13)23-12-3-1-2-11(8-12)16(22)20-4-5-21;1-9-7-8-5-3-2-4-6-8;1-2/h1-3,5-8,24H,4,9,19H2,(H,20,22);2-6H,7H2,1H3;1-2H3. The maximum atomic E-state index is 11.9. The van der Waals surface area contributed by atoms with Gasteiger partial charge in [0.2, 0.25) is 0 Å². The average molecular weight is 626 g/mol. The number of nitrogens with two attached hydrogens (primary N) is 1. The normalized spacial score (nSPS) is 10.0. The number of aldehydes is 1. The molecule has 0 aliphatic heterocycles. The maximum absolute atomic E-state index is 11.9. The molecule has 1 unspecified atom stereocenters. The van der Waals surface area contributed by atoms with Gasteiger partial charge >= 0.3 is 0 Å². The molecule has 1 amide bonds. The van der Waals surface area contributed by atoms with Crippen molar-refractivity contribution in [2.75, 3.05) is 13.7 Å². The molecule has 0 fully saturated rings. The third kappa shape index (κ3) is 11.5. The highest BCUT2D eigenvalue weighted by molar-refractivity contribution is 9.11. The van der Waals surface area contributed by atoms with Gasteiger partial charge in [0.1, 0.15) is 12.0 Å². The minimum atomic E-state index is -0.329. The van der Waals surface area contributed by atoms with E-state index in [0.29, 0.717) is 38.7 Å². The molecule has 0 heterocycles. The quantitative estimate of drug-likeness (QED) is 0.201. The summed E-state index contributed by atoms with van der Waals surface area (Å²) in [6, 6.07) is 20.8. The number of halogens is 2. The summed E-state index contributed by atoms with van der Waals surface area (Å²) in [6.45, 7) is 4.69. The second-order valence-electron chi connectivity index (χ2n) is 6.69. The van der Waals surface area contributed by atoms with E-state index in [1.54, 1.807) is 31.4 Å². The van der Waals surface area contributed by atoms with Gasteiger partial charge < -0.3 is 25.1 Å². The molecule has 0 aromatic heterocycles. The third-order valence-electron chi connectivity index (χ3n) is 4.18. The predicted molar refractivity (Wildman–Crippen MR) is 151 cm³/mol. The number of nitrogens with one attached hydrogen (secondary N) is 1. The Morgan fingerprint density at radius 3 is 2.23 bits per heavy atom. The Morgan fingerprint density at radius 1 is 1.00 bits per heavy atom. The molecule has 0 aliphatic rings. The van der Waals surface area contributed by atoms with Crippen LogP contribution in [0.5, 0.6) is 11.5 Å². The average Bonchev–Trinajstić information content (AvgIpc) is 2.88. The summed E-state index contributed by atoms with van der Waals surface area (Å²) < 4.78 is 12.4. The molecule has 3 N–H and O–H groups in total. The van der Waals surface area contributed by atoms with Crippen LogP contribution in [0.1, 0.15) is 35.3 Å². The molecule has 0 radical (unpaired) electrons. The Balaban J connectivity index is 0.000000464. The molecule has 3 rings (SSSR count). The number of carbonyl (C=O) groups excluding carboxylic acids is 2. The van der Waals surface area contributed by atoms with E-state index in [4.69, 9.17) is 15.0 Å². The molecule has 0 saturated heterocycles. The second kappa shape index (κ2) is 18.2. The van der Waals surface area contributed by atoms with Crippen molar-refractivity contribution >= 4 is 52.8 Å². The van der Waals surface area contributed by atoms with Gasteiger partial charge in [-0.05, 0) is 73.3 Å². The van der Waals surface area contributed by atoms with Crippen molar-refractivity contribution in [3.8, 4) is 11.5 Å². The topological polar surface area (TPSA) is 90.7 Å². The van der Waals surface area contributed by atoms with Gasteiger partial charge in [-0.15, -0.1) is 0 Å². The lowest BCUT2D eigenvalue weighted by Gasteiger charge is -2.12. The zero-order valence-corrected chi connectivity index (χ0v) is 24.2. The minimum absolute atomic E-state index is 0.0235. The molecule has 188 valence electrons. The molecular weight excluding hydrogens is 595 g/mol. The molecule has 0 bridgehead atoms. The predicted octanol–water partition coefficient (Wildman–Crippen LogP) is 6.84. The van der Waals surface area contributed by atoms with E-state index in [0.717, 1.165) is 20.7 Å². The lowest BCUT2D eigenvalue weighted by Crippen LogP contribution is -2.24. The van der Waals surface area contributed by atoms with Gasteiger partial charge in [-0.2, -0.15) is 0 Å². The Morgan fingerprint density at radius 2 is 1.66 bits per heavy atom. The van der Waals surface area contributed by atoms with Crippen LogP contribution in [0.3, 0.4) is 0 Å². The van der Waals surface area contributed by atoms with Crippen LogP contribution in [0.4, 0.5) is 0 Å². The summed E-state index contributed by atoms with van der Waals surface area (Å²) >= 11 is 6.99. The SMILES string of the molecule is CC.COCc1ccccc1.NPCc1cc(Br)c(Oc2cccc(C(=O)NCC=O)c2)c(Br)c1. The number of amides is 1. The van der Waals surface area contributed by atoms with Crippen LogP contribution in [-0.2, 0) is 22.3 Å². The number of methoxy groups -OCH3 is 1. The number of hydrogen-bond donors (Lipinski definition) is 2. The van der Waals surface area contributed by atoms with Gasteiger partial charge in [-0.1, -0.05) is 59.0 Å². The van der Waals surface area contributed by atoms with Crippen LogP contribution in [0.25, 0.3) is 0 Å². The fourth-order valence-electron chi connectivity index (χ4n) is 2.73. The zero-order chi connectivity index (χ0) is 26.1. The van der Waals surface area contributed by atoms with Crippen molar-refractivity contribution in [2.45, 2.75) is 26.6 Å². The van der Waals surface area contributed by atoms with Crippen molar-refractivity contribution in [2.24, 2.45) is 5.50 Å². The van der Waals surface area contributed by atoms with Gasteiger partial charge in [-0.25, -0.2) is 0 Å². The van der Waals surface area contributed by atoms with Crippen LogP contribution in [0.2, 0.25) is 0 Å². The summed E-state index contributed by atoms with van der Waals surface area (Å²) in [7, 11) is 2.04. The van der Waals surface area contributed by atoms with E-state index in [1.807, 2.05) is 56.3 Å². The lowest BCUT2D eigenvalue weighted by atomic mass is 10.2. The van der Waals surface area contributed by atoms with Crippen LogP contribution >= 0.6 is 40.6 Å². The fraction of sp³-hybridized carbons (Fsp3) is 0.231. The van der Waals surface area contributed by atoms with Crippen molar-refractivity contribution in [3.63, 3.8) is 0 Å². The van der Waals surface area contributed by atoms with E-state index in [1.165, 1.54) is 5.56 Å². The summed E-state index contributed by atoms with van der Waals surface area (Å²) in [6.07, 6.45) is 1.43. The highest BCUT2D eigenvalue weighted by Crippen LogP contribution is 2.38. The first-order chi connectivity index (χ1) is 17.0. The summed E-state index contributed by atoms with van der Waals surface area (Å²) in [5.41, 5.74) is 8.35. The largest absolute Gasteiger partial charge is 0.455 e. The van der Waals surface area contributed by atoms with Gasteiger partial charge in [-0.3, -0.25) is 4.79 Å².